The van der Waals surface area contributed by atoms with Crippen molar-refractivity contribution in [1.29, 1.82) is 0 Å². The summed E-state index contributed by atoms with van der Waals surface area (Å²) in [6.07, 6.45) is 7.82. The van der Waals surface area contributed by atoms with Crippen LogP contribution in [-0.2, 0) is 4.79 Å². The fourth-order valence-electron chi connectivity index (χ4n) is 2.39. The second kappa shape index (κ2) is 5.18. The molecule has 0 heterocycles. The maximum Gasteiger partial charge on any atom is 0.246 e. The third-order valence-corrected chi connectivity index (χ3v) is 3.25. The third-order valence-electron chi connectivity index (χ3n) is 3.25. The average molecular weight is 195 g/mol. The second-order valence-electron chi connectivity index (χ2n) is 4.48. The Kier molecular flexibility index (Phi) is 4.18. The minimum Gasteiger partial charge on any atom is -0.355 e. The van der Waals surface area contributed by atoms with E-state index in [1.807, 2.05) is 0 Å². The zero-order valence-corrected chi connectivity index (χ0v) is 9.31. The lowest BCUT2D eigenvalue weighted by Crippen LogP contribution is -2.17. The molecular weight excluding hydrogens is 174 g/mol. The molecule has 0 aromatic carbocycles. The number of hydrogen-bond donors (Lipinski definition) is 1. The summed E-state index contributed by atoms with van der Waals surface area (Å²) in [6, 6.07) is 0. The van der Waals surface area contributed by atoms with Crippen LogP contribution in [0.3, 0.4) is 0 Å². The van der Waals surface area contributed by atoms with Crippen molar-refractivity contribution >= 4 is 5.91 Å². The zero-order valence-electron chi connectivity index (χ0n) is 9.31. The van der Waals surface area contributed by atoms with Gasteiger partial charge in [-0.3, -0.25) is 4.79 Å². The van der Waals surface area contributed by atoms with Gasteiger partial charge in [0.25, 0.3) is 0 Å². The molecule has 2 rings (SSSR count). The molecule has 0 unspecified atom stereocenters. The topological polar surface area (TPSA) is 29.1 Å². The molecule has 0 aliphatic heterocycles. The largest absolute Gasteiger partial charge is 0.355 e. The Labute approximate surface area is 86.8 Å². The van der Waals surface area contributed by atoms with E-state index in [0.29, 0.717) is 5.57 Å². The molecule has 14 heavy (non-hydrogen) atoms. The fourth-order valence-corrected chi connectivity index (χ4v) is 2.39. The third kappa shape index (κ3) is 3.17. The summed E-state index contributed by atoms with van der Waals surface area (Å²) < 4.78 is 0. The molecule has 2 fully saturated rings. The summed E-state index contributed by atoms with van der Waals surface area (Å²) in [6.45, 7) is 5.08. The molecule has 0 saturated heterocycles. The normalized spacial score (nSPS) is 27.9. The van der Waals surface area contributed by atoms with E-state index in [-0.39, 0.29) is 5.91 Å². The molecule has 1 N–H and O–H groups in total. The first-order valence-electron chi connectivity index (χ1n) is 5.51. The van der Waals surface area contributed by atoms with Gasteiger partial charge in [0, 0.05) is 12.6 Å². The molecule has 1 amide bonds. The fraction of sp³-hybridized carbons (Fsp3) is 0.750. The molecule has 2 nitrogen and oxygen atoms in total. The van der Waals surface area contributed by atoms with Crippen molar-refractivity contribution in [1.82, 2.24) is 5.32 Å². The predicted octanol–water partition coefficient (Wildman–Crippen LogP) is 2.50. The highest BCUT2D eigenvalue weighted by Crippen LogP contribution is 2.43. The van der Waals surface area contributed by atoms with E-state index in [1.165, 1.54) is 11.8 Å². The lowest BCUT2D eigenvalue weighted by molar-refractivity contribution is -0.116. The summed E-state index contributed by atoms with van der Waals surface area (Å²) >= 11 is 0. The molecule has 2 saturated carbocycles. The lowest BCUT2D eigenvalue weighted by atomic mass is 10.0. The van der Waals surface area contributed by atoms with Gasteiger partial charge in [-0.05, 0) is 25.2 Å². The Morgan fingerprint density at radius 1 is 1.21 bits per heavy atom. The molecule has 0 spiro atoms. The quantitative estimate of drug-likeness (QED) is 0.640. The highest BCUT2D eigenvalue weighted by molar-refractivity contribution is 5.91. The first-order valence-corrected chi connectivity index (χ1v) is 5.51. The van der Waals surface area contributed by atoms with Crippen molar-refractivity contribution in [3.05, 3.63) is 12.2 Å². The smallest absolute Gasteiger partial charge is 0.246 e. The maximum atomic E-state index is 10.3. The van der Waals surface area contributed by atoms with Gasteiger partial charge in [0.1, 0.15) is 0 Å². The molecular formula is C12H21NO. The number of hydrogen-bond acceptors (Lipinski definition) is 1. The van der Waals surface area contributed by atoms with E-state index in [0.717, 1.165) is 0 Å². The van der Waals surface area contributed by atoms with Crippen molar-refractivity contribution < 1.29 is 4.79 Å². The van der Waals surface area contributed by atoms with Crippen LogP contribution in [0.5, 0.6) is 0 Å². The monoisotopic (exact) mass is 195 g/mol. The summed E-state index contributed by atoms with van der Waals surface area (Å²) in [5.41, 5.74) is 0.544. The summed E-state index contributed by atoms with van der Waals surface area (Å²) in [5, 5.41) is 2.43. The SMILES string of the molecule is C1CC2CCC1C2.C=C(C)C(=O)NC. The van der Waals surface area contributed by atoms with Gasteiger partial charge in [-0.1, -0.05) is 32.3 Å². The van der Waals surface area contributed by atoms with Crippen molar-refractivity contribution in [2.24, 2.45) is 11.8 Å². The molecule has 0 aromatic rings. The Morgan fingerprint density at radius 2 is 1.64 bits per heavy atom. The standard InChI is InChI=1S/C7H12.C5H9NO/c1-2-7-4-3-6(1)5-7;1-4(2)5(7)6-3/h6-7H,1-5H2;1H2,2-3H3,(H,6,7). The summed E-state index contributed by atoms with van der Waals surface area (Å²) in [7, 11) is 1.58. The van der Waals surface area contributed by atoms with Crippen LogP contribution in [0.25, 0.3) is 0 Å². The molecule has 2 heteroatoms. The predicted molar refractivity (Wildman–Crippen MR) is 58.9 cm³/mol. The number of amides is 1. The van der Waals surface area contributed by atoms with E-state index in [2.05, 4.69) is 11.9 Å². The minimum atomic E-state index is -0.0972. The molecule has 2 bridgehead atoms. The van der Waals surface area contributed by atoms with Gasteiger partial charge >= 0.3 is 0 Å². The number of nitrogens with one attached hydrogen (secondary N) is 1. The van der Waals surface area contributed by atoms with Crippen LogP contribution in [0.4, 0.5) is 0 Å². The van der Waals surface area contributed by atoms with Crippen LogP contribution in [0.1, 0.15) is 39.0 Å². The lowest BCUT2D eigenvalue weighted by Gasteiger charge is -2.05. The Balaban J connectivity index is 0.000000140. The Hall–Kier alpha value is -0.790. The molecule has 0 radical (unpaired) electrons. The van der Waals surface area contributed by atoms with Gasteiger partial charge < -0.3 is 5.32 Å². The highest BCUT2D eigenvalue weighted by atomic mass is 16.1. The minimum absolute atomic E-state index is 0.0972. The van der Waals surface area contributed by atoms with Crippen LogP contribution in [0, 0.1) is 11.8 Å². The molecule has 0 atom stereocenters. The van der Waals surface area contributed by atoms with Gasteiger partial charge in [-0.2, -0.15) is 0 Å². The molecule has 0 aromatic heterocycles. The maximum absolute atomic E-state index is 10.3. The van der Waals surface area contributed by atoms with E-state index in [9.17, 15) is 4.79 Å². The number of carbonyl (C=O) groups is 1. The van der Waals surface area contributed by atoms with Gasteiger partial charge in [0.15, 0.2) is 0 Å². The van der Waals surface area contributed by atoms with Crippen molar-refractivity contribution in [2.45, 2.75) is 39.0 Å². The van der Waals surface area contributed by atoms with Crippen molar-refractivity contribution in [3.63, 3.8) is 0 Å². The van der Waals surface area contributed by atoms with Crippen molar-refractivity contribution in [3.8, 4) is 0 Å². The van der Waals surface area contributed by atoms with Crippen molar-refractivity contribution in [2.75, 3.05) is 7.05 Å². The number of fused-ring (bicyclic) bond motifs is 2. The second-order valence-corrected chi connectivity index (χ2v) is 4.48. The van der Waals surface area contributed by atoms with E-state index in [1.54, 1.807) is 46.1 Å². The van der Waals surface area contributed by atoms with Gasteiger partial charge in [-0.15, -0.1) is 0 Å². The Morgan fingerprint density at radius 3 is 1.71 bits per heavy atom. The van der Waals surface area contributed by atoms with Gasteiger partial charge in [0.05, 0.1) is 0 Å². The molecule has 2 aliphatic carbocycles. The first-order chi connectivity index (χ1) is 6.63. The van der Waals surface area contributed by atoms with E-state index < -0.39 is 0 Å². The van der Waals surface area contributed by atoms with Crippen LogP contribution in [-0.4, -0.2) is 13.0 Å². The molecule has 80 valence electrons. The van der Waals surface area contributed by atoms with Crippen LogP contribution < -0.4 is 5.32 Å². The molecule has 2 aliphatic rings. The number of carbonyl (C=O) groups excluding carboxylic acids is 1. The van der Waals surface area contributed by atoms with Crippen LogP contribution >= 0.6 is 0 Å². The number of rotatable bonds is 1. The van der Waals surface area contributed by atoms with Crippen LogP contribution in [0.15, 0.2) is 12.2 Å². The van der Waals surface area contributed by atoms with Gasteiger partial charge in [-0.25, -0.2) is 0 Å². The summed E-state index contributed by atoms with van der Waals surface area (Å²) in [4.78, 5) is 10.3. The summed E-state index contributed by atoms with van der Waals surface area (Å²) in [5.74, 6) is 2.25. The highest BCUT2D eigenvalue weighted by Gasteiger charge is 2.30. The number of likely N-dealkylation sites (N-methyl/N-ethyl adjacent to an activating group) is 1. The first kappa shape index (κ1) is 11.3. The zero-order chi connectivity index (χ0) is 10.6. The van der Waals surface area contributed by atoms with E-state index in [4.69, 9.17) is 0 Å². The Bertz CT molecular complexity index is 204. The average Bonchev–Trinajstić information content (AvgIpc) is 2.80. The van der Waals surface area contributed by atoms with E-state index >= 15 is 0 Å². The van der Waals surface area contributed by atoms with Crippen LogP contribution in [0.2, 0.25) is 0 Å². The van der Waals surface area contributed by atoms with Gasteiger partial charge in [0.2, 0.25) is 5.91 Å².